The molecule has 0 aliphatic carbocycles. The third-order valence-electron chi connectivity index (χ3n) is 2.10. The molecule has 0 aromatic carbocycles. The molecule has 0 aliphatic rings. The first-order valence-electron chi connectivity index (χ1n) is 4.97. The second-order valence-corrected chi connectivity index (χ2v) is 3.37. The van der Waals surface area contributed by atoms with E-state index in [1.54, 1.807) is 36.7 Å². The first-order chi connectivity index (χ1) is 8.28. The molecule has 0 fully saturated rings. The highest BCUT2D eigenvalue weighted by atomic mass is 16.5. The van der Waals surface area contributed by atoms with E-state index in [1.165, 1.54) is 0 Å². The van der Waals surface area contributed by atoms with Gasteiger partial charge in [0, 0.05) is 18.5 Å². The molecule has 0 saturated carbocycles. The molecule has 2 aromatic rings. The van der Waals surface area contributed by atoms with E-state index in [-0.39, 0.29) is 0 Å². The van der Waals surface area contributed by atoms with Crippen molar-refractivity contribution in [1.29, 1.82) is 5.26 Å². The standard InChI is InChI=1S/C12H10N4O/c13-7-10-5-9(1-3-15-10)8-17-11-2-4-16-12(14)6-11/h1-6H,8H2,(H2,14,16). The van der Waals surface area contributed by atoms with Gasteiger partial charge in [0.25, 0.3) is 0 Å². The van der Waals surface area contributed by atoms with Crippen LogP contribution in [0.5, 0.6) is 5.75 Å². The van der Waals surface area contributed by atoms with Gasteiger partial charge in [-0.1, -0.05) is 0 Å². The molecule has 0 bridgehead atoms. The van der Waals surface area contributed by atoms with Crippen LogP contribution in [0.1, 0.15) is 11.3 Å². The third-order valence-corrected chi connectivity index (χ3v) is 2.10. The Hall–Kier alpha value is -2.61. The second-order valence-electron chi connectivity index (χ2n) is 3.37. The Balaban J connectivity index is 2.05. The van der Waals surface area contributed by atoms with Crippen LogP contribution in [0.2, 0.25) is 0 Å². The Morgan fingerprint density at radius 1 is 1.24 bits per heavy atom. The zero-order chi connectivity index (χ0) is 12.1. The normalized spacial score (nSPS) is 9.59. The van der Waals surface area contributed by atoms with Gasteiger partial charge in [-0.05, 0) is 23.8 Å². The van der Waals surface area contributed by atoms with Crippen LogP contribution in [0, 0.1) is 11.3 Å². The minimum atomic E-state index is 0.362. The van der Waals surface area contributed by atoms with Crippen molar-refractivity contribution in [2.45, 2.75) is 6.61 Å². The molecule has 0 unspecified atom stereocenters. The van der Waals surface area contributed by atoms with E-state index in [1.807, 2.05) is 6.07 Å². The number of rotatable bonds is 3. The van der Waals surface area contributed by atoms with Gasteiger partial charge in [-0.15, -0.1) is 0 Å². The third kappa shape index (κ3) is 2.92. The van der Waals surface area contributed by atoms with Gasteiger partial charge < -0.3 is 10.5 Å². The fourth-order valence-corrected chi connectivity index (χ4v) is 1.31. The molecule has 2 rings (SSSR count). The SMILES string of the molecule is N#Cc1cc(COc2ccnc(N)c2)ccn1. The number of nitriles is 1. The van der Waals surface area contributed by atoms with Crippen LogP contribution >= 0.6 is 0 Å². The zero-order valence-electron chi connectivity index (χ0n) is 9.00. The Labute approximate surface area is 98.5 Å². The molecule has 84 valence electrons. The lowest BCUT2D eigenvalue weighted by atomic mass is 10.2. The number of anilines is 1. The van der Waals surface area contributed by atoms with E-state index in [0.29, 0.717) is 23.9 Å². The molecule has 0 radical (unpaired) electrons. The van der Waals surface area contributed by atoms with Crippen molar-refractivity contribution < 1.29 is 4.74 Å². The molecule has 0 aliphatic heterocycles. The molecule has 17 heavy (non-hydrogen) atoms. The highest BCUT2D eigenvalue weighted by Gasteiger charge is 1.99. The van der Waals surface area contributed by atoms with E-state index in [2.05, 4.69) is 9.97 Å². The van der Waals surface area contributed by atoms with Crippen molar-refractivity contribution in [3.63, 3.8) is 0 Å². The lowest BCUT2D eigenvalue weighted by Gasteiger charge is -2.06. The van der Waals surface area contributed by atoms with Crippen LogP contribution in [0.15, 0.2) is 36.7 Å². The minimum Gasteiger partial charge on any atom is -0.489 e. The van der Waals surface area contributed by atoms with E-state index in [9.17, 15) is 0 Å². The summed E-state index contributed by atoms with van der Waals surface area (Å²) in [6.07, 6.45) is 3.16. The molecule has 0 amide bonds. The lowest BCUT2D eigenvalue weighted by molar-refractivity contribution is 0.306. The van der Waals surface area contributed by atoms with Crippen molar-refractivity contribution >= 4 is 5.82 Å². The summed E-state index contributed by atoms with van der Waals surface area (Å²) < 4.78 is 5.52. The fraction of sp³-hybridized carbons (Fsp3) is 0.0833. The predicted molar refractivity (Wildman–Crippen MR) is 61.9 cm³/mol. The summed E-state index contributed by atoms with van der Waals surface area (Å²) in [5.74, 6) is 1.06. The molecule has 0 saturated heterocycles. The fourth-order valence-electron chi connectivity index (χ4n) is 1.31. The number of pyridine rings is 2. The number of nitrogen functional groups attached to an aromatic ring is 1. The zero-order valence-corrected chi connectivity index (χ0v) is 9.00. The predicted octanol–water partition coefficient (Wildman–Crippen LogP) is 1.51. The van der Waals surface area contributed by atoms with E-state index in [0.717, 1.165) is 5.56 Å². The number of nitrogens with zero attached hydrogens (tertiary/aromatic N) is 3. The number of ether oxygens (including phenoxy) is 1. The Kier molecular flexibility index (Phi) is 3.17. The highest BCUT2D eigenvalue weighted by Crippen LogP contribution is 2.14. The summed E-state index contributed by atoms with van der Waals surface area (Å²) in [6, 6.07) is 8.83. The molecular formula is C12H10N4O. The highest BCUT2D eigenvalue weighted by molar-refractivity contribution is 5.36. The first kappa shape index (κ1) is 10.9. The average molecular weight is 226 g/mol. The summed E-state index contributed by atoms with van der Waals surface area (Å²) in [4.78, 5) is 7.75. The van der Waals surface area contributed by atoms with Crippen LogP contribution in [0.25, 0.3) is 0 Å². The Morgan fingerprint density at radius 2 is 2.06 bits per heavy atom. The number of nitrogens with two attached hydrogens (primary N) is 1. The van der Waals surface area contributed by atoms with Crippen LogP contribution in [-0.2, 0) is 6.61 Å². The van der Waals surface area contributed by atoms with Gasteiger partial charge in [-0.2, -0.15) is 5.26 Å². The molecule has 5 nitrogen and oxygen atoms in total. The van der Waals surface area contributed by atoms with Gasteiger partial charge in [0.2, 0.25) is 0 Å². The van der Waals surface area contributed by atoms with Crippen molar-refractivity contribution in [1.82, 2.24) is 9.97 Å². The molecule has 2 N–H and O–H groups in total. The summed E-state index contributed by atoms with van der Waals surface area (Å²) in [5.41, 5.74) is 6.79. The number of aromatic nitrogens is 2. The average Bonchev–Trinajstić information content (AvgIpc) is 2.37. The van der Waals surface area contributed by atoms with Crippen molar-refractivity contribution in [2.24, 2.45) is 0 Å². The van der Waals surface area contributed by atoms with Gasteiger partial charge in [0.1, 0.15) is 29.9 Å². The van der Waals surface area contributed by atoms with Crippen LogP contribution in [-0.4, -0.2) is 9.97 Å². The van der Waals surface area contributed by atoms with Gasteiger partial charge in [0.05, 0.1) is 0 Å². The van der Waals surface area contributed by atoms with Crippen LogP contribution < -0.4 is 10.5 Å². The minimum absolute atomic E-state index is 0.362. The lowest BCUT2D eigenvalue weighted by Crippen LogP contribution is -1.98. The van der Waals surface area contributed by atoms with E-state index in [4.69, 9.17) is 15.7 Å². The maximum atomic E-state index is 8.71. The largest absolute Gasteiger partial charge is 0.489 e. The molecular weight excluding hydrogens is 216 g/mol. The molecule has 5 heteroatoms. The van der Waals surface area contributed by atoms with E-state index < -0.39 is 0 Å². The van der Waals surface area contributed by atoms with Crippen LogP contribution in [0.3, 0.4) is 0 Å². The molecule has 0 spiro atoms. The maximum absolute atomic E-state index is 8.71. The van der Waals surface area contributed by atoms with Gasteiger partial charge in [0.15, 0.2) is 0 Å². The smallest absolute Gasteiger partial charge is 0.140 e. The maximum Gasteiger partial charge on any atom is 0.140 e. The Morgan fingerprint density at radius 3 is 2.82 bits per heavy atom. The number of hydrogen-bond acceptors (Lipinski definition) is 5. The van der Waals surface area contributed by atoms with Crippen molar-refractivity contribution in [3.8, 4) is 11.8 Å². The second kappa shape index (κ2) is 4.94. The molecule has 0 atom stereocenters. The summed E-state index contributed by atoms with van der Waals surface area (Å²) in [6.45, 7) is 0.362. The van der Waals surface area contributed by atoms with Gasteiger partial charge >= 0.3 is 0 Å². The number of hydrogen-bond donors (Lipinski definition) is 1. The van der Waals surface area contributed by atoms with Gasteiger partial charge in [-0.25, -0.2) is 9.97 Å². The molecule has 2 heterocycles. The monoisotopic (exact) mass is 226 g/mol. The van der Waals surface area contributed by atoms with Gasteiger partial charge in [-0.3, -0.25) is 0 Å². The first-order valence-corrected chi connectivity index (χ1v) is 4.97. The van der Waals surface area contributed by atoms with E-state index >= 15 is 0 Å². The summed E-state index contributed by atoms with van der Waals surface area (Å²) in [7, 11) is 0. The molecule has 2 aromatic heterocycles. The van der Waals surface area contributed by atoms with Crippen molar-refractivity contribution in [2.75, 3.05) is 5.73 Å². The summed E-state index contributed by atoms with van der Waals surface area (Å²) >= 11 is 0. The quantitative estimate of drug-likeness (QED) is 0.857. The Bertz CT molecular complexity index is 562. The summed E-state index contributed by atoms with van der Waals surface area (Å²) in [5, 5.41) is 8.71. The topological polar surface area (TPSA) is 84.8 Å². The van der Waals surface area contributed by atoms with Crippen LogP contribution in [0.4, 0.5) is 5.82 Å². The van der Waals surface area contributed by atoms with Crippen molar-refractivity contribution in [3.05, 3.63) is 47.9 Å².